The summed E-state index contributed by atoms with van der Waals surface area (Å²) in [6.45, 7) is 4.48. The normalized spacial score (nSPS) is 18.4. The van der Waals surface area contributed by atoms with Crippen molar-refractivity contribution in [2.45, 2.75) is 32.5 Å². The van der Waals surface area contributed by atoms with Crippen LogP contribution in [0.2, 0.25) is 0 Å². The molecule has 5 heteroatoms. The smallest absolute Gasteiger partial charge is 0.162 e. The van der Waals surface area contributed by atoms with Crippen LogP contribution in [-0.2, 0) is 0 Å². The Bertz CT molecular complexity index is 1060. The van der Waals surface area contributed by atoms with Gasteiger partial charge < -0.3 is 14.6 Å². The van der Waals surface area contributed by atoms with Gasteiger partial charge in [0.15, 0.2) is 11.5 Å². The summed E-state index contributed by atoms with van der Waals surface area (Å²) in [5, 5.41) is 14.5. The highest BCUT2D eigenvalue weighted by Gasteiger charge is 2.28. The minimum absolute atomic E-state index is 0.110. The van der Waals surface area contributed by atoms with E-state index in [4.69, 9.17) is 14.5 Å². The number of aliphatic imine (C=N–C) groups is 1. The summed E-state index contributed by atoms with van der Waals surface area (Å²) in [5.41, 5.74) is 5.13. The molecular weight excluding hydrogens is 388 g/mol. The molecule has 4 rings (SSSR count). The van der Waals surface area contributed by atoms with Crippen LogP contribution in [-0.4, -0.2) is 24.5 Å². The Morgan fingerprint density at radius 3 is 2.45 bits per heavy atom. The largest absolute Gasteiger partial charge is 0.504 e. The first-order valence-corrected chi connectivity index (χ1v) is 10.6. The minimum Gasteiger partial charge on any atom is -0.504 e. The fraction of sp³-hybridized carbons (Fsp3) is 0.269. The molecule has 0 radical (unpaired) electrons. The fourth-order valence-electron chi connectivity index (χ4n) is 3.88. The molecule has 0 spiro atoms. The maximum Gasteiger partial charge on any atom is 0.162 e. The first kappa shape index (κ1) is 20.9. The van der Waals surface area contributed by atoms with E-state index in [1.54, 1.807) is 13.2 Å². The van der Waals surface area contributed by atoms with E-state index in [9.17, 15) is 5.11 Å². The Balaban J connectivity index is 1.73. The van der Waals surface area contributed by atoms with Gasteiger partial charge in [-0.05, 0) is 55.3 Å². The monoisotopic (exact) mass is 416 g/mol. The van der Waals surface area contributed by atoms with Crippen LogP contribution >= 0.6 is 0 Å². The Morgan fingerprint density at radius 1 is 1.03 bits per heavy atom. The second kappa shape index (κ2) is 9.23. The molecule has 1 aliphatic heterocycles. The van der Waals surface area contributed by atoms with Gasteiger partial charge in [-0.25, -0.2) is 0 Å². The average molecular weight is 417 g/mol. The Kier molecular flexibility index (Phi) is 6.23. The second-order valence-corrected chi connectivity index (χ2v) is 7.67. The number of rotatable bonds is 6. The summed E-state index contributed by atoms with van der Waals surface area (Å²) in [6.07, 6.45) is 0.435. The number of hydrogen-bond acceptors (Lipinski definition) is 5. The van der Waals surface area contributed by atoms with Crippen LogP contribution in [0.1, 0.15) is 47.8 Å². The van der Waals surface area contributed by atoms with E-state index in [0.29, 0.717) is 18.8 Å². The van der Waals surface area contributed by atoms with Crippen LogP contribution in [0, 0.1) is 6.92 Å². The van der Waals surface area contributed by atoms with Crippen molar-refractivity contribution in [3.8, 4) is 17.2 Å². The molecule has 5 nitrogen and oxygen atoms in total. The van der Waals surface area contributed by atoms with Gasteiger partial charge in [0.1, 0.15) is 11.9 Å². The molecule has 160 valence electrons. The van der Waals surface area contributed by atoms with Gasteiger partial charge in [0.25, 0.3) is 0 Å². The molecule has 0 amide bonds. The van der Waals surface area contributed by atoms with Gasteiger partial charge in [-0.3, -0.25) is 10.3 Å². The SMILES string of the molecule is CCOc1cccc([C@H]2CC(c3ccc(OC)cc3)=N[C@@H](c3ccc(C)cc3)N2)c1O. The number of phenols is 1. The van der Waals surface area contributed by atoms with Crippen molar-refractivity contribution >= 4 is 5.71 Å². The van der Waals surface area contributed by atoms with Gasteiger partial charge in [-0.2, -0.15) is 0 Å². The molecule has 2 atom stereocenters. The number of hydrogen-bond donors (Lipinski definition) is 2. The average Bonchev–Trinajstić information content (AvgIpc) is 2.81. The molecule has 0 saturated heterocycles. The molecule has 0 aliphatic carbocycles. The number of ether oxygens (including phenoxy) is 2. The number of aryl methyl sites for hydroxylation is 1. The highest BCUT2D eigenvalue weighted by molar-refractivity contribution is 6.01. The van der Waals surface area contributed by atoms with Gasteiger partial charge >= 0.3 is 0 Å². The third-order valence-corrected chi connectivity index (χ3v) is 5.56. The highest BCUT2D eigenvalue weighted by Crippen LogP contribution is 2.39. The lowest BCUT2D eigenvalue weighted by atomic mass is 9.93. The van der Waals surface area contributed by atoms with E-state index in [0.717, 1.165) is 28.2 Å². The molecule has 0 bridgehead atoms. The van der Waals surface area contributed by atoms with E-state index in [1.807, 2.05) is 43.3 Å². The standard InChI is InChI=1S/C26H28N2O3/c1-4-31-24-7-5-6-21(25(24)29)23-16-22(18-12-14-20(30-3)15-13-18)27-26(28-23)19-10-8-17(2)9-11-19/h5-15,23,26,28-29H,4,16H2,1-3H3/t23-,26-/m1/s1. The van der Waals surface area contributed by atoms with Gasteiger partial charge in [0, 0.05) is 23.7 Å². The number of methoxy groups -OCH3 is 1. The quantitative estimate of drug-likeness (QED) is 0.570. The minimum atomic E-state index is -0.216. The predicted octanol–water partition coefficient (Wildman–Crippen LogP) is 5.33. The zero-order valence-corrected chi connectivity index (χ0v) is 18.1. The molecule has 1 aliphatic rings. The van der Waals surface area contributed by atoms with Crippen LogP contribution in [0.3, 0.4) is 0 Å². The van der Waals surface area contributed by atoms with Crippen molar-refractivity contribution in [2.24, 2.45) is 4.99 Å². The molecule has 0 aromatic heterocycles. The molecule has 3 aromatic carbocycles. The molecule has 0 unspecified atom stereocenters. The first-order chi connectivity index (χ1) is 15.1. The van der Waals surface area contributed by atoms with Crippen molar-refractivity contribution in [2.75, 3.05) is 13.7 Å². The predicted molar refractivity (Wildman–Crippen MR) is 123 cm³/mol. The van der Waals surface area contributed by atoms with Gasteiger partial charge in [0.05, 0.1) is 13.7 Å². The van der Waals surface area contributed by atoms with E-state index in [-0.39, 0.29) is 18.0 Å². The second-order valence-electron chi connectivity index (χ2n) is 7.67. The van der Waals surface area contributed by atoms with Crippen molar-refractivity contribution in [1.29, 1.82) is 0 Å². The third-order valence-electron chi connectivity index (χ3n) is 5.56. The molecule has 0 fully saturated rings. The van der Waals surface area contributed by atoms with Crippen LogP contribution in [0.4, 0.5) is 0 Å². The van der Waals surface area contributed by atoms with Gasteiger partial charge in [-0.15, -0.1) is 0 Å². The molecule has 3 aromatic rings. The Labute approximate surface area is 183 Å². The summed E-state index contributed by atoms with van der Waals surface area (Å²) in [7, 11) is 1.66. The summed E-state index contributed by atoms with van der Waals surface area (Å²) in [4.78, 5) is 5.02. The molecule has 0 saturated carbocycles. The summed E-state index contributed by atoms with van der Waals surface area (Å²) in [5.74, 6) is 1.50. The Morgan fingerprint density at radius 2 is 1.77 bits per heavy atom. The molecule has 1 heterocycles. The fourth-order valence-corrected chi connectivity index (χ4v) is 3.88. The van der Waals surface area contributed by atoms with Crippen LogP contribution in [0.15, 0.2) is 71.7 Å². The first-order valence-electron chi connectivity index (χ1n) is 10.6. The number of nitrogens with one attached hydrogen (secondary N) is 1. The lowest BCUT2D eigenvalue weighted by Gasteiger charge is -2.31. The van der Waals surface area contributed by atoms with Gasteiger partial charge in [0.2, 0.25) is 0 Å². The molecule has 2 N–H and O–H groups in total. The Hall–Kier alpha value is -3.31. The number of nitrogens with zero attached hydrogens (tertiary/aromatic N) is 1. The van der Waals surface area contributed by atoms with E-state index < -0.39 is 0 Å². The van der Waals surface area contributed by atoms with Crippen LogP contribution < -0.4 is 14.8 Å². The summed E-state index contributed by atoms with van der Waals surface area (Å²) < 4.78 is 10.9. The van der Waals surface area contributed by atoms with Gasteiger partial charge in [-0.1, -0.05) is 42.0 Å². The van der Waals surface area contributed by atoms with Crippen LogP contribution in [0.5, 0.6) is 17.2 Å². The zero-order chi connectivity index (χ0) is 21.8. The molecule has 31 heavy (non-hydrogen) atoms. The lowest BCUT2D eigenvalue weighted by molar-refractivity contribution is 0.313. The van der Waals surface area contributed by atoms with Crippen molar-refractivity contribution in [3.05, 3.63) is 89.0 Å². The topological polar surface area (TPSA) is 63.1 Å². The maximum atomic E-state index is 10.9. The zero-order valence-electron chi connectivity index (χ0n) is 18.1. The van der Waals surface area contributed by atoms with Crippen molar-refractivity contribution in [3.63, 3.8) is 0 Å². The molecular formula is C26H28N2O3. The lowest BCUT2D eigenvalue weighted by Crippen LogP contribution is -2.33. The van der Waals surface area contributed by atoms with Crippen LogP contribution in [0.25, 0.3) is 0 Å². The maximum absolute atomic E-state index is 10.9. The van der Waals surface area contributed by atoms with E-state index in [1.165, 1.54) is 5.56 Å². The number of para-hydroxylation sites is 1. The highest BCUT2D eigenvalue weighted by atomic mass is 16.5. The third kappa shape index (κ3) is 4.57. The van der Waals surface area contributed by atoms with Crippen molar-refractivity contribution in [1.82, 2.24) is 5.32 Å². The van der Waals surface area contributed by atoms with E-state index in [2.05, 4.69) is 36.5 Å². The number of phenolic OH excluding ortho intramolecular Hbond substituents is 1. The number of aromatic hydroxyl groups is 1. The summed E-state index contributed by atoms with van der Waals surface area (Å²) in [6, 6.07) is 21.9. The van der Waals surface area contributed by atoms with E-state index >= 15 is 0 Å². The number of benzene rings is 3. The summed E-state index contributed by atoms with van der Waals surface area (Å²) >= 11 is 0. The van der Waals surface area contributed by atoms with Crippen molar-refractivity contribution < 1.29 is 14.6 Å².